The molecule has 0 atom stereocenters. The predicted molar refractivity (Wildman–Crippen MR) is 103 cm³/mol. The summed E-state index contributed by atoms with van der Waals surface area (Å²) in [6, 6.07) is 13.7. The number of hydrazine groups is 1. The summed E-state index contributed by atoms with van der Waals surface area (Å²) in [7, 11) is 1.55. The van der Waals surface area contributed by atoms with Crippen LogP contribution in [0.2, 0.25) is 0 Å². The molecule has 2 aromatic rings. The van der Waals surface area contributed by atoms with Gasteiger partial charge in [0.05, 0.1) is 12.7 Å². The van der Waals surface area contributed by atoms with Crippen molar-refractivity contribution in [2.75, 3.05) is 7.11 Å². The first-order chi connectivity index (χ1) is 11.5. The molecule has 0 unspecified atom stereocenters. The van der Waals surface area contributed by atoms with Gasteiger partial charge < -0.3 is 4.74 Å². The lowest BCUT2D eigenvalue weighted by molar-refractivity contribution is 0.0934. The molecule has 124 valence electrons. The van der Waals surface area contributed by atoms with Crippen molar-refractivity contribution in [1.29, 1.82) is 0 Å². The minimum atomic E-state index is -0.386. The van der Waals surface area contributed by atoms with Crippen LogP contribution in [0.25, 0.3) is 0 Å². The van der Waals surface area contributed by atoms with Gasteiger partial charge in [-0.05, 0) is 71.2 Å². The summed E-state index contributed by atoms with van der Waals surface area (Å²) in [6.07, 6.45) is 0. The Hall–Kier alpha value is -2.20. The van der Waals surface area contributed by atoms with Gasteiger partial charge in [0.2, 0.25) is 0 Å². The van der Waals surface area contributed by atoms with Crippen LogP contribution in [0.1, 0.15) is 20.7 Å². The van der Waals surface area contributed by atoms with E-state index in [4.69, 9.17) is 17.0 Å². The summed E-state index contributed by atoms with van der Waals surface area (Å²) >= 11 is 7.06. The van der Waals surface area contributed by atoms with Crippen molar-refractivity contribution < 1.29 is 14.3 Å². The van der Waals surface area contributed by atoms with Crippen LogP contribution in [-0.4, -0.2) is 24.0 Å². The monoisotopic (exact) mass is 455 g/mol. The van der Waals surface area contributed by atoms with Gasteiger partial charge in [0, 0.05) is 9.13 Å². The zero-order valence-electron chi connectivity index (χ0n) is 12.6. The Bertz CT molecular complexity index is 765. The highest BCUT2D eigenvalue weighted by Crippen LogP contribution is 2.11. The van der Waals surface area contributed by atoms with E-state index in [2.05, 4.69) is 38.8 Å². The highest BCUT2D eigenvalue weighted by atomic mass is 127. The molecule has 0 heterocycles. The van der Waals surface area contributed by atoms with Crippen LogP contribution in [0.3, 0.4) is 0 Å². The van der Waals surface area contributed by atoms with Crippen molar-refractivity contribution in [1.82, 2.24) is 16.2 Å². The van der Waals surface area contributed by atoms with Crippen molar-refractivity contribution in [3.05, 3.63) is 63.2 Å². The smallest absolute Gasteiger partial charge is 0.269 e. The van der Waals surface area contributed by atoms with Crippen LogP contribution in [0.5, 0.6) is 5.75 Å². The van der Waals surface area contributed by atoms with Crippen molar-refractivity contribution in [2.24, 2.45) is 0 Å². The number of halogens is 1. The molecule has 0 bridgehead atoms. The maximum Gasteiger partial charge on any atom is 0.269 e. The minimum Gasteiger partial charge on any atom is -0.497 e. The Balaban J connectivity index is 1.87. The normalized spacial score (nSPS) is 9.75. The largest absolute Gasteiger partial charge is 0.497 e. The summed E-state index contributed by atoms with van der Waals surface area (Å²) in [4.78, 5) is 24.1. The summed E-state index contributed by atoms with van der Waals surface area (Å²) in [6.45, 7) is 0. The van der Waals surface area contributed by atoms with Gasteiger partial charge in [-0.25, -0.2) is 0 Å². The molecule has 2 aromatic carbocycles. The van der Waals surface area contributed by atoms with E-state index in [1.165, 1.54) is 0 Å². The summed E-state index contributed by atoms with van der Waals surface area (Å²) in [5, 5.41) is 2.51. The Labute approximate surface area is 158 Å². The second-order valence-corrected chi connectivity index (χ2v) is 6.14. The molecule has 2 amide bonds. The molecule has 0 saturated heterocycles. The van der Waals surface area contributed by atoms with Crippen LogP contribution in [0.15, 0.2) is 48.5 Å². The molecule has 0 spiro atoms. The zero-order chi connectivity index (χ0) is 17.5. The minimum absolute atomic E-state index is 0.00140. The molecule has 0 radical (unpaired) electrons. The average Bonchev–Trinajstić information content (AvgIpc) is 2.60. The number of hydrogen-bond acceptors (Lipinski definition) is 4. The van der Waals surface area contributed by atoms with Crippen molar-refractivity contribution in [3.63, 3.8) is 0 Å². The molecule has 8 heteroatoms. The molecule has 3 N–H and O–H groups in total. The molecule has 6 nitrogen and oxygen atoms in total. The first kappa shape index (κ1) is 18.1. The molecule has 0 aliphatic rings. The number of rotatable bonds is 3. The van der Waals surface area contributed by atoms with Crippen LogP contribution >= 0.6 is 34.8 Å². The average molecular weight is 455 g/mol. The second-order valence-electron chi connectivity index (χ2n) is 4.57. The van der Waals surface area contributed by atoms with E-state index in [0.29, 0.717) is 16.9 Å². The summed E-state index contributed by atoms with van der Waals surface area (Å²) < 4.78 is 5.83. The molecule has 24 heavy (non-hydrogen) atoms. The summed E-state index contributed by atoms with van der Waals surface area (Å²) in [5.74, 6) is -0.0838. The zero-order valence-corrected chi connectivity index (χ0v) is 15.6. The maximum atomic E-state index is 12.1. The van der Waals surface area contributed by atoms with Gasteiger partial charge in [-0.3, -0.25) is 25.8 Å². The first-order valence-electron chi connectivity index (χ1n) is 6.81. The molecule has 0 aromatic heterocycles. The Morgan fingerprint density at radius 2 is 1.67 bits per heavy atom. The third-order valence-corrected chi connectivity index (χ3v) is 4.13. The van der Waals surface area contributed by atoms with E-state index in [9.17, 15) is 9.59 Å². The van der Waals surface area contributed by atoms with E-state index >= 15 is 0 Å². The maximum absolute atomic E-state index is 12.1. The van der Waals surface area contributed by atoms with Crippen molar-refractivity contribution in [2.45, 2.75) is 0 Å². The van der Waals surface area contributed by atoms with Gasteiger partial charge in [-0.15, -0.1) is 0 Å². The van der Waals surface area contributed by atoms with E-state index in [1.54, 1.807) is 43.5 Å². The number of nitrogens with one attached hydrogen (secondary N) is 3. The van der Waals surface area contributed by atoms with Gasteiger partial charge in [-0.2, -0.15) is 0 Å². The standard InChI is InChI=1S/C16H14IN3O3S/c1-23-11-8-6-10(7-9-11)14(21)19-20-16(24)18-15(22)12-4-2-3-5-13(12)17/h2-9H,1H3,(H,19,21)(H2,18,20,22,24). The molecular weight excluding hydrogens is 441 g/mol. The van der Waals surface area contributed by atoms with E-state index < -0.39 is 0 Å². The van der Waals surface area contributed by atoms with Gasteiger partial charge in [0.25, 0.3) is 11.8 Å². The lowest BCUT2D eigenvalue weighted by Crippen LogP contribution is -2.48. The molecule has 2 rings (SSSR count). The van der Waals surface area contributed by atoms with Crippen LogP contribution in [-0.2, 0) is 0 Å². The lowest BCUT2D eigenvalue weighted by Gasteiger charge is -2.11. The van der Waals surface area contributed by atoms with E-state index in [0.717, 1.165) is 3.57 Å². The van der Waals surface area contributed by atoms with Gasteiger partial charge in [0.15, 0.2) is 5.11 Å². The van der Waals surface area contributed by atoms with Gasteiger partial charge in [-0.1, -0.05) is 12.1 Å². The van der Waals surface area contributed by atoms with Crippen molar-refractivity contribution in [3.8, 4) is 5.75 Å². The number of amides is 2. The number of thiocarbonyl (C=S) groups is 1. The summed E-state index contributed by atoms with van der Waals surface area (Å²) in [5.41, 5.74) is 5.85. The highest BCUT2D eigenvalue weighted by Gasteiger charge is 2.11. The predicted octanol–water partition coefficient (Wildman–Crippen LogP) is 2.25. The molecule has 0 aliphatic carbocycles. The fraction of sp³-hybridized carbons (Fsp3) is 0.0625. The van der Waals surface area contributed by atoms with Crippen LogP contribution < -0.4 is 20.9 Å². The Morgan fingerprint density at radius 3 is 2.29 bits per heavy atom. The van der Waals surface area contributed by atoms with Gasteiger partial charge in [0.1, 0.15) is 5.75 Å². The fourth-order valence-electron chi connectivity index (χ4n) is 1.78. The van der Waals surface area contributed by atoms with Gasteiger partial charge >= 0.3 is 0 Å². The number of hydrogen-bond donors (Lipinski definition) is 3. The fourth-order valence-corrected chi connectivity index (χ4v) is 2.55. The Morgan fingerprint density at radius 1 is 1.00 bits per heavy atom. The van der Waals surface area contributed by atoms with E-state index in [-0.39, 0.29) is 16.9 Å². The molecule has 0 aliphatic heterocycles. The SMILES string of the molecule is COc1ccc(C(=O)NNC(=S)NC(=O)c2ccccc2I)cc1. The third-order valence-electron chi connectivity index (χ3n) is 2.99. The third kappa shape index (κ3) is 4.90. The number of ether oxygens (including phenoxy) is 1. The lowest BCUT2D eigenvalue weighted by atomic mass is 10.2. The molecule has 0 fully saturated rings. The van der Waals surface area contributed by atoms with E-state index in [1.807, 2.05) is 12.1 Å². The van der Waals surface area contributed by atoms with Crippen molar-refractivity contribution >= 4 is 51.7 Å². The number of carbonyl (C=O) groups is 2. The van der Waals surface area contributed by atoms with Crippen LogP contribution in [0.4, 0.5) is 0 Å². The second kappa shape index (κ2) is 8.60. The topological polar surface area (TPSA) is 79.5 Å². The first-order valence-corrected chi connectivity index (χ1v) is 8.30. The highest BCUT2D eigenvalue weighted by molar-refractivity contribution is 14.1. The quantitative estimate of drug-likeness (QED) is 0.376. The number of carbonyl (C=O) groups excluding carboxylic acids is 2. The number of methoxy groups -OCH3 is 1. The van der Waals surface area contributed by atoms with Crippen LogP contribution in [0, 0.1) is 3.57 Å². The Kier molecular flexibility index (Phi) is 6.50. The molecular formula is C16H14IN3O3S. The number of benzene rings is 2. The molecule has 0 saturated carbocycles.